The van der Waals surface area contributed by atoms with Crippen LogP contribution in [0, 0.1) is 17.2 Å². The Balaban J connectivity index is 2.85. The molecule has 0 saturated heterocycles. The minimum atomic E-state index is -0.164. The molecular formula is C16H25ClFN. The summed E-state index contributed by atoms with van der Waals surface area (Å²) in [6.07, 6.45) is 0.704. The van der Waals surface area contributed by atoms with Crippen LogP contribution >= 0.6 is 11.6 Å². The second kappa shape index (κ2) is 6.71. The second-order valence-electron chi connectivity index (χ2n) is 6.57. The predicted octanol–water partition coefficient (Wildman–Crippen LogP) is 4.68. The zero-order chi connectivity index (χ0) is 14.6. The standard InChI is InChI=1S/C16H25ClFN/c1-11(2)19-10-13(16(3,4)5)8-12-9-14(17)6-7-15(12)18/h6-7,9,11,13,19H,8,10H2,1-5H3. The summed E-state index contributed by atoms with van der Waals surface area (Å²) >= 11 is 5.96. The first-order valence-electron chi connectivity index (χ1n) is 6.87. The number of hydrogen-bond donors (Lipinski definition) is 1. The Morgan fingerprint density at radius 1 is 1.26 bits per heavy atom. The van der Waals surface area contributed by atoms with Gasteiger partial charge >= 0.3 is 0 Å². The molecular weight excluding hydrogens is 261 g/mol. The van der Waals surface area contributed by atoms with Gasteiger partial charge < -0.3 is 5.32 Å². The highest BCUT2D eigenvalue weighted by atomic mass is 35.5. The van der Waals surface area contributed by atoms with Crippen LogP contribution in [0.15, 0.2) is 18.2 Å². The first-order valence-corrected chi connectivity index (χ1v) is 7.25. The smallest absolute Gasteiger partial charge is 0.126 e. The van der Waals surface area contributed by atoms with Gasteiger partial charge in [-0.05, 0) is 48.1 Å². The number of halogens is 2. The van der Waals surface area contributed by atoms with E-state index in [1.165, 1.54) is 6.07 Å². The predicted molar refractivity (Wildman–Crippen MR) is 81.2 cm³/mol. The van der Waals surface area contributed by atoms with Crippen LogP contribution in [0.3, 0.4) is 0 Å². The van der Waals surface area contributed by atoms with Crippen molar-refractivity contribution in [3.05, 3.63) is 34.6 Å². The quantitative estimate of drug-likeness (QED) is 0.828. The van der Waals surface area contributed by atoms with E-state index < -0.39 is 0 Å². The van der Waals surface area contributed by atoms with Gasteiger partial charge in [-0.25, -0.2) is 4.39 Å². The van der Waals surface area contributed by atoms with E-state index in [9.17, 15) is 4.39 Å². The first-order chi connectivity index (χ1) is 8.70. The van der Waals surface area contributed by atoms with Crippen LogP contribution in [0.5, 0.6) is 0 Å². The molecule has 0 aromatic heterocycles. The van der Waals surface area contributed by atoms with Gasteiger partial charge in [0.15, 0.2) is 0 Å². The van der Waals surface area contributed by atoms with Crippen molar-refractivity contribution in [3.8, 4) is 0 Å². The van der Waals surface area contributed by atoms with Gasteiger partial charge in [-0.15, -0.1) is 0 Å². The molecule has 1 N–H and O–H groups in total. The van der Waals surface area contributed by atoms with Crippen molar-refractivity contribution in [2.45, 2.75) is 47.1 Å². The van der Waals surface area contributed by atoms with Crippen LogP contribution in [0.25, 0.3) is 0 Å². The lowest BCUT2D eigenvalue weighted by Crippen LogP contribution is -2.36. The third-order valence-electron chi connectivity index (χ3n) is 3.47. The van der Waals surface area contributed by atoms with E-state index in [1.54, 1.807) is 12.1 Å². The third-order valence-corrected chi connectivity index (χ3v) is 3.71. The molecule has 0 radical (unpaired) electrons. The maximum Gasteiger partial charge on any atom is 0.126 e. The van der Waals surface area contributed by atoms with Crippen molar-refractivity contribution >= 4 is 11.6 Å². The molecule has 1 unspecified atom stereocenters. The molecule has 1 aromatic carbocycles. The van der Waals surface area contributed by atoms with Crippen LogP contribution < -0.4 is 5.32 Å². The van der Waals surface area contributed by atoms with Crippen LogP contribution in [0.2, 0.25) is 5.02 Å². The molecule has 0 spiro atoms. The van der Waals surface area contributed by atoms with Gasteiger partial charge in [0, 0.05) is 11.1 Å². The zero-order valence-electron chi connectivity index (χ0n) is 12.6. The Bertz CT molecular complexity index is 410. The number of benzene rings is 1. The van der Waals surface area contributed by atoms with Gasteiger partial charge in [-0.1, -0.05) is 46.2 Å². The molecule has 1 aromatic rings. The van der Waals surface area contributed by atoms with Crippen molar-refractivity contribution in [2.24, 2.45) is 11.3 Å². The summed E-state index contributed by atoms with van der Waals surface area (Å²) < 4.78 is 13.8. The Hall–Kier alpha value is -0.600. The number of hydrogen-bond acceptors (Lipinski definition) is 1. The van der Waals surface area contributed by atoms with E-state index in [0.29, 0.717) is 29.0 Å². The summed E-state index contributed by atoms with van der Waals surface area (Å²) in [5, 5.41) is 4.05. The van der Waals surface area contributed by atoms with E-state index in [-0.39, 0.29) is 11.2 Å². The van der Waals surface area contributed by atoms with Gasteiger partial charge in [-0.3, -0.25) is 0 Å². The van der Waals surface area contributed by atoms with Crippen molar-refractivity contribution in [3.63, 3.8) is 0 Å². The van der Waals surface area contributed by atoms with E-state index in [1.807, 2.05) is 0 Å². The van der Waals surface area contributed by atoms with Gasteiger partial charge in [0.2, 0.25) is 0 Å². The molecule has 0 heterocycles. The summed E-state index contributed by atoms with van der Waals surface area (Å²) in [6.45, 7) is 11.7. The molecule has 0 bridgehead atoms. The van der Waals surface area contributed by atoms with E-state index in [0.717, 1.165) is 6.54 Å². The summed E-state index contributed by atoms with van der Waals surface area (Å²) in [7, 11) is 0. The largest absolute Gasteiger partial charge is 0.314 e. The normalized spacial score (nSPS) is 13.9. The monoisotopic (exact) mass is 285 g/mol. The van der Waals surface area contributed by atoms with Crippen LogP contribution in [0.1, 0.15) is 40.2 Å². The molecule has 19 heavy (non-hydrogen) atoms. The Morgan fingerprint density at radius 2 is 1.89 bits per heavy atom. The van der Waals surface area contributed by atoms with Crippen molar-refractivity contribution in [1.29, 1.82) is 0 Å². The topological polar surface area (TPSA) is 12.0 Å². The average molecular weight is 286 g/mol. The van der Waals surface area contributed by atoms with Gasteiger partial charge in [-0.2, -0.15) is 0 Å². The van der Waals surface area contributed by atoms with Gasteiger partial charge in [0.05, 0.1) is 0 Å². The Morgan fingerprint density at radius 3 is 2.42 bits per heavy atom. The fourth-order valence-electron chi connectivity index (χ4n) is 2.03. The number of nitrogens with one attached hydrogen (secondary N) is 1. The highest BCUT2D eigenvalue weighted by Gasteiger charge is 2.25. The maximum atomic E-state index is 13.8. The molecule has 1 rings (SSSR count). The van der Waals surface area contributed by atoms with Crippen LogP contribution in [0.4, 0.5) is 4.39 Å². The van der Waals surface area contributed by atoms with Crippen molar-refractivity contribution in [1.82, 2.24) is 5.32 Å². The minimum absolute atomic E-state index is 0.122. The molecule has 0 saturated carbocycles. The Kier molecular flexibility index (Phi) is 5.82. The second-order valence-corrected chi connectivity index (χ2v) is 7.00. The van der Waals surface area contributed by atoms with Crippen molar-refractivity contribution in [2.75, 3.05) is 6.54 Å². The summed E-state index contributed by atoms with van der Waals surface area (Å²) in [4.78, 5) is 0. The lowest BCUT2D eigenvalue weighted by atomic mass is 9.77. The third kappa shape index (κ3) is 5.50. The van der Waals surface area contributed by atoms with E-state index >= 15 is 0 Å². The van der Waals surface area contributed by atoms with Crippen LogP contribution in [-0.4, -0.2) is 12.6 Å². The SMILES string of the molecule is CC(C)NCC(Cc1cc(Cl)ccc1F)C(C)(C)C. The average Bonchev–Trinajstić information content (AvgIpc) is 2.26. The maximum absolute atomic E-state index is 13.8. The first kappa shape index (κ1) is 16.5. The molecule has 0 aliphatic carbocycles. The molecule has 0 aliphatic rings. The van der Waals surface area contributed by atoms with E-state index in [4.69, 9.17) is 11.6 Å². The molecule has 1 atom stereocenters. The molecule has 1 nitrogen and oxygen atoms in total. The summed E-state index contributed by atoms with van der Waals surface area (Å²) in [5.41, 5.74) is 0.828. The molecule has 0 fully saturated rings. The van der Waals surface area contributed by atoms with E-state index in [2.05, 4.69) is 39.9 Å². The summed E-state index contributed by atoms with van der Waals surface area (Å²) in [5.74, 6) is 0.200. The Labute approximate surface area is 121 Å². The molecule has 108 valence electrons. The highest BCUT2D eigenvalue weighted by molar-refractivity contribution is 6.30. The summed E-state index contributed by atoms with van der Waals surface area (Å²) in [6, 6.07) is 5.23. The lowest BCUT2D eigenvalue weighted by Gasteiger charge is -2.32. The highest BCUT2D eigenvalue weighted by Crippen LogP contribution is 2.30. The van der Waals surface area contributed by atoms with Crippen LogP contribution in [-0.2, 0) is 6.42 Å². The van der Waals surface area contributed by atoms with Crippen molar-refractivity contribution < 1.29 is 4.39 Å². The fraction of sp³-hybridized carbons (Fsp3) is 0.625. The van der Waals surface area contributed by atoms with Gasteiger partial charge in [0.25, 0.3) is 0 Å². The van der Waals surface area contributed by atoms with Gasteiger partial charge in [0.1, 0.15) is 5.82 Å². The molecule has 3 heteroatoms. The molecule has 0 amide bonds. The fourth-order valence-corrected chi connectivity index (χ4v) is 2.22. The zero-order valence-corrected chi connectivity index (χ0v) is 13.3. The number of rotatable bonds is 5. The minimum Gasteiger partial charge on any atom is -0.314 e. The molecule has 0 aliphatic heterocycles. The lowest BCUT2D eigenvalue weighted by molar-refractivity contribution is 0.225.